The Morgan fingerprint density at radius 3 is 3.12 bits per heavy atom. The Kier molecular flexibility index (Phi) is 4.53. The molecule has 0 bridgehead atoms. The molecule has 9 nitrogen and oxygen atoms in total. The average molecular weight is 356 g/mol. The van der Waals surface area contributed by atoms with E-state index < -0.39 is 0 Å². The molecule has 0 fully saturated rings. The lowest BCUT2D eigenvalue weighted by Crippen LogP contribution is -2.33. The first-order valence-corrected chi connectivity index (χ1v) is 8.62. The lowest BCUT2D eigenvalue weighted by Gasteiger charge is -2.26. The first kappa shape index (κ1) is 16.5. The molecule has 3 aromatic heterocycles. The van der Waals surface area contributed by atoms with Crippen molar-refractivity contribution in [2.45, 2.75) is 39.5 Å². The van der Waals surface area contributed by atoms with E-state index in [4.69, 9.17) is 8.94 Å². The van der Waals surface area contributed by atoms with Gasteiger partial charge in [-0.2, -0.15) is 10.1 Å². The number of carbonyl (C=O) groups excluding carboxylic acids is 1. The van der Waals surface area contributed by atoms with Gasteiger partial charge in [-0.3, -0.25) is 14.4 Å². The molecule has 0 aliphatic carbocycles. The molecule has 136 valence electrons. The van der Waals surface area contributed by atoms with Crippen molar-refractivity contribution in [3.63, 3.8) is 0 Å². The molecule has 4 heterocycles. The molecule has 0 aromatic carbocycles. The van der Waals surface area contributed by atoms with E-state index in [1.54, 1.807) is 18.4 Å². The summed E-state index contributed by atoms with van der Waals surface area (Å²) in [5.41, 5.74) is 2.00. The number of aromatic nitrogens is 4. The van der Waals surface area contributed by atoms with Crippen molar-refractivity contribution in [1.29, 1.82) is 0 Å². The fraction of sp³-hybridized carbons (Fsp3) is 0.412. The Labute approximate surface area is 150 Å². The van der Waals surface area contributed by atoms with E-state index in [-0.39, 0.29) is 5.91 Å². The van der Waals surface area contributed by atoms with E-state index in [0.717, 1.165) is 31.0 Å². The lowest BCUT2D eigenvalue weighted by atomic mass is 10.2. The highest BCUT2D eigenvalue weighted by atomic mass is 16.5. The van der Waals surface area contributed by atoms with E-state index in [9.17, 15) is 4.79 Å². The first-order valence-electron chi connectivity index (χ1n) is 8.62. The lowest BCUT2D eigenvalue weighted by molar-refractivity contribution is -0.120. The van der Waals surface area contributed by atoms with Crippen LogP contribution >= 0.6 is 0 Å². The van der Waals surface area contributed by atoms with Crippen molar-refractivity contribution in [2.24, 2.45) is 0 Å². The Morgan fingerprint density at radius 2 is 2.31 bits per heavy atom. The second-order valence-corrected chi connectivity index (χ2v) is 6.18. The van der Waals surface area contributed by atoms with Crippen LogP contribution in [-0.4, -0.2) is 37.3 Å². The van der Waals surface area contributed by atoms with Gasteiger partial charge in [0.2, 0.25) is 5.91 Å². The molecular formula is C17H20N6O3. The third kappa shape index (κ3) is 3.52. The van der Waals surface area contributed by atoms with Crippen molar-refractivity contribution in [1.82, 2.24) is 30.1 Å². The molecular weight excluding hydrogens is 336 g/mol. The first-order chi connectivity index (χ1) is 12.7. The third-order valence-corrected chi connectivity index (χ3v) is 4.28. The summed E-state index contributed by atoms with van der Waals surface area (Å²) in [6.07, 6.45) is 2.05. The summed E-state index contributed by atoms with van der Waals surface area (Å²) in [4.78, 5) is 18.0. The molecule has 0 spiro atoms. The smallest absolute Gasteiger partial charge is 0.293 e. The van der Waals surface area contributed by atoms with Crippen molar-refractivity contribution in [3.8, 4) is 11.7 Å². The van der Waals surface area contributed by atoms with E-state index in [2.05, 4.69) is 25.5 Å². The van der Waals surface area contributed by atoms with Gasteiger partial charge < -0.3 is 14.3 Å². The highest BCUT2D eigenvalue weighted by molar-refractivity contribution is 5.75. The number of nitrogens with one attached hydrogen (secondary N) is 1. The summed E-state index contributed by atoms with van der Waals surface area (Å²) in [6.45, 7) is 5.28. The summed E-state index contributed by atoms with van der Waals surface area (Å²) in [5, 5.41) is 11.4. The molecule has 26 heavy (non-hydrogen) atoms. The van der Waals surface area contributed by atoms with Gasteiger partial charge in [0.05, 0.1) is 37.3 Å². The highest BCUT2D eigenvalue weighted by Gasteiger charge is 2.21. The number of hydrogen-bond donors (Lipinski definition) is 1. The third-order valence-electron chi connectivity index (χ3n) is 4.28. The number of hydrogen-bond acceptors (Lipinski definition) is 7. The molecule has 1 aliphatic rings. The summed E-state index contributed by atoms with van der Waals surface area (Å²) in [7, 11) is 0. The minimum atomic E-state index is 0.0297. The zero-order chi connectivity index (χ0) is 17.9. The van der Waals surface area contributed by atoms with Crippen LogP contribution in [0.1, 0.15) is 30.6 Å². The second kappa shape index (κ2) is 7.12. The van der Waals surface area contributed by atoms with Crippen LogP contribution in [0, 0.1) is 0 Å². The van der Waals surface area contributed by atoms with E-state index in [0.29, 0.717) is 37.0 Å². The fourth-order valence-corrected chi connectivity index (χ4v) is 2.93. The van der Waals surface area contributed by atoms with Gasteiger partial charge >= 0.3 is 0 Å². The number of amides is 1. The van der Waals surface area contributed by atoms with Gasteiger partial charge in [0.15, 0.2) is 11.6 Å². The van der Waals surface area contributed by atoms with Crippen molar-refractivity contribution >= 4 is 5.91 Å². The Balaban J connectivity index is 1.38. The van der Waals surface area contributed by atoms with Crippen LogP contribution in [0.15, 0.2) is 33.4 Å². The maximum atomic E-state index is 11.4. The van der Waals surface area contributed by atoms with Crippen LogP contribution in [0.4, 0.5) is 0 Å². The maximum Gasteiger partial charge on any atom is 0.293 e. The number of rotatable bonds is 6. The normalized spacial score (nSPS) is 14.3. The summed E-state index contributed by atoms with van der Waals surface area (Å²) >= 11 is 0. The summed E-state index contributed by atoms with van der Waals surface area (Å²) < 4.78 is 12.5. The molecule has 1 amide bonds. The van der Waals surface area contributed by atoms with E-state index in [1.165, 1.54) is 0 Å². The predicted molar refractivity (Wildman–Crippen MR) is 90.5 cm³/mol. The summed E-state index contributed by atoms with van der Waals surface area (Å²) in [6, 6.07) is 5.60. The standard InChI is InChI=1S/C17H20N6O3/c1-2-16(24)18-9-12-8-13-10-22(5-6-23(13)20-12)11-15-19-17(26-21-15)14-4-3-7-25-14/h3-4,7-8H,2,5-6,9-11H2,1H3,(H,18,24). The van der Waals surface area contributed by atoms with Gasteiger partial charge in [0, 0.05) is 19.5 Å². The molecule has 0 radical (unpaired) electrons. The van der Waals surface area contributed by atoms with E-state index in [1.807, 2.05) is 17.7 Å². The highest BCUT2D eigenvalue weighted by Crippen LogP contribution is 2.19. The minimum Gasteiger partial charge on any atom is -0.459 e. The molecule has 3 aromatic rings. The monoisotopic (exact) mass is 356 g/mol. The second-order valence-electron chi connectivity index (χ2n) is 6.18. The molecule has 0 saturated carbocycles. The van der Waals surface area contributed by atoms with Crippen LogP contribution in [0.2, 0.25) is 0 Å². The molecule has 0 saturated heterocycles. The van der Waals surface area contributed by atoms with Crippen molar-refractivity contribution in [2.75, 3.05) is 6.54 Å². The van der Waals surface area contributed by atoms with Crippen molar-refractivity contribution < 1.29 is 13.7 Å². The number of carbonyl (C=O) groups is 1. The van der Waals surface area contributed by atoms with Crippen LogP contribution in [0.25, 0.3) is 11.7 Å². The van der Waals surface area contributed by atoms with Crippen LogP contribution in [-0.2, 0) is 31.0 Å². The number of fused-ring (bicyclic) bond motifs is 1. The van der Waals surface area contributed by atoms with Gasteiger partial charge in [-0.1, -0.05) is 12.1 Å². The number of nitrogens with zero attached hydrogens (tertiary/aromatic N) is 5. The average Bonchev–Trinajstić information content (AvgIpc) is 3.39. The molecule has 4 rings (SSSR count). The SMILES string of the molecule is CCC(=O)NCc1cc2n(n1)CCN(Cc1noc(-c3ccco3)n1)C2. The molecule has 1 N–H and O–H groups in total. The van der Waals surface area contributed by atoms with Gasteiger partial charge in [-0.25, -0.2) is 0 Å². The number of furan rings is 1. The fourth-order valence-electron chi connectivity index (χ4n) is 2.93. The van der Waals surface area contributed by atoms with Crippen LogP contribution in [0.3, 0.4) is 0 Å². The topological polar surface area (TPSA) is 102 Å². The van der Waals surface area contributed by atoms with Crippen LogP contribution in [0.5, 0.6) is 0 Å². The molecule has 0 unspecified atom stereocenters. The van der Waals surface area contributed by atoms with Gasteiger partial charge in [-0.05, 0) is 18.2 Å². The van der Waals surface area contributed by atoms with Gasteiger partial charge in [0.1, 0.15) is 0 Å². The quantitative estimate of drug-likeness (QED) is 0.715. The van der Waals surface area contributed by atoms with Crippen LogP contribution < -0.4 is 5.32 Å². The molecule has 1 aliphatic heterocycles. The Bertz CT molecular complexity index is 882. The van der Waals surface area contributed by atoms with Gasteiger partial charge in [-0.15, -0.1) is 0 Å². The largest absolute Gasteiger partial charge is 0.459 e. The Morgan fingerprint density at radius 1 is 1.38 bits per heavy atom. The summed E-state index contributed by atoms with van der Waals surface area (Å²) in [5.74, 6) is 1.61. The minimum absolute atomic E-state index is 0.0297. The van der Waals surface area contributed by atoms with E-state index >= 15 is 0 Å². The molecule has 9 heteroatoms. The zero-order valence-corrected chi connectivity index (χ0v) is 14.5. The predicted octanol–water partition coefficient (Wildman–Crippen LogP) is 1.57. The maximum absolute atomic E-state index is 11.4. The van der Waals surface area contributed by atoms with Gasteiger partial charge in [0.25, 0.3) is 5.89 Å². The Hall–Kier alpha value is -2.94. The molecule has 0 atom stereocenters. The zero-order valence-electron chi connectivity index (χ0n) is 14.5. The van der Waals surface area contributed by atoms with Crippen molar-refractivity contribution in [3.05, 3.63) is 41.7 Å².